The molecule has 140 valence electrons. The Morgan fingerprint density at radius 1 is 1.33 bits per heavy atom. The highest BCUT2D eigenvalue weighted by atomic mass is 32.1. The average Bonchev–Trinajstić information content (AvgIpc) is 3.33. The summed E-state index contributed by atoms with van der Waals surface area (Å²) in [6, 6.07) is 6.75. The van der Waals surface area contributed by atoms with Gasteiger partial charge in [-0.25, -0.2) is 9.78 Å². The van der Waals surface area contributed by atoms with Crippen LogP contribution in [0.2, 0.25) is 0 Å². The molecule has 0 atom stereocenters. The molecular formula is C17H16N4O5S. The molecule has 0 aliphatic carbocycles. The number of carbonyl (C=O) groups excluding carboxylic acids is 2. The summed E-state index contributed by atoms with van der Waals surface area (Å²) in [6.45, 7) is 1.85. The second-order valence-electron chi connectivity index (χ2n) is 5.33. The van der Waals surface area contributed by atoms with E-state index >= 15 is 0 Å². The number of oxazole rings is 1. The van der Waals surface area contributed by atoms with Crippen molar-refractivity contribution >= 4 is 23.4 Å². The molecule has 1 N–H and O–H groups in total. The molecule has 0 unspecified atom stereocenters. The summed E-state index contributed by atoms with van der Waals surface area (Å²) in [7, 11) is 1.53. The fraction of sp³-hybridized carbons (Fsp3) is 0.235. The van der Waals surface area contributed by atoms with E-state index in [-0.39, 0.29) is 23.9 Å². The molecule has 10 heteroatoms. The van der Waals surface area contributed by atoms with Crippen molar-refractivity contribution < 1.29 is 23.5 Å². The Labute approximate surface area is 158 Å². The van der Waals surface area contributed by atoms with Crippen molar-refractivity contribution in [1.82, 2.24) is 19.9 Å². The lowest BCUT2D eigenvalue weighted by Crippen LogP contribution is -2.28. The molecule has 3 rings (SSSR count). The molecule has 9 nitrogen and oxygen atoms in total. The first kappa shape index (κ1) is 18.5. The highest BCUT2D eigenvalue weighted by Crippen LogP contribution is 2.23. The summed E-state index contributed by atoms with van der Waals surface area (Å²) in [6.07, 6.45) is 1.40. The van der Waals surface area contributed by atoms with Crippen LogP contribution < -0.4 is 10.1 Å². The van der Waals surface area contributed by atoms with Crippen molar-refractivity contribution in [2.24, 2.45) is 0 Å². The molecule has 0 saturated carbocycles. The zero-order valence-corrected chi connectivity index (χ0v) is 15.4. The second kappa shape index (κ2) is 8.41. The first-order valence-electron chi connectivity index (χ1n) is 7.92. The van der Waals surface area contributed by atoms with Gasteiger partial charge in [0.2, 0.25) is 0 Å². The Bertz CT molecular complexity index is 952. The summed E-state index contributed by atoms with van der Waals surface area (Å²) in [4.78, 5) is 28.7. The van der Waals surface area contributed by atoms with Gasteiger partial charge in [-0.2, -0.15) is 0 Å². The molecule has 2 heterocycles. The van der Waals surface area contributed by atoms with Gasteiger partial charge in [-0.05, 0) is 29.7 Å². The van der Waals surface area contributed by atoms with Gasteiger partial charge in [0.25, 0.3) is 5.91 Å². The lowest BCUT2D eigenvalue weighted by atomic mass is 10.2. The number of ether oxygens (including phenoxy) is 2. The first-order valence-corrected chi connectivity index (χ1v) is 8.70. The summed E-state index contributed by atoms with van der Waals surface area (Å²) in [5.41, 5.74) is 1.18. The van der Waals surface area contributed by atoms with E-state index in [1.807, 2.05) is 0 Å². The number of carbonyl (C=O) groups is 2. The zero-order chi connectivity index (χ0) is 19.2. The number of methoxy groups -OCH3 is 1. The van der Waals surface area contributed by atoms with Crippen LogP contribution in [0.25, 0.3) is 11.4 Å². The first-order chi connectivity index (χ1) is 13.1. The molecule has 0 aliphatic heterocycles. The number of hydrogen-bond donors (Lipinski definition) is 1. The van der Waals surface area contributed by atoms with E-state index in [0.29, 0.717) is 28.6 Å². The van der Waals surface area contributed by atoms with Crippen LogP contribution in [0.5, 0.6) is 5.75 Å². The average molecular weight is 388 g/mol. The predicted molar refractivity (Wildman–Crippen MR) is 95.8 cm³/mol. The number of amides is 1. The molecule has 27 heavy (non-hydrogen) atoms. The van der Waals surface area contributed by atoms with Crippen molar-refractivity contribution in [3.05, 3.63) is 46.9 Å². The van der Waals surface area contributed by atoms with Crippen LogP contribution in [0.4, 0.5) is 0 Å². The van der Waals surface area contributed by atoms with Crippen LogP contribution in [0.1, 0.15) is 25.9 Å². The van der Waals surface area contributed by atoms with Crippen LogP contribution in [-0.4, -0.2) is 46.7 Å². The van der Waals surface area contributed by atoms with Gasteiger partial charge in [0.1, 0.15) is 30.0 Å². The van der Waals surface area contributed by atoms with Gasteiger partial charge in [0.15, 0.2) is 10.8 Å². The van der Waals surface area contributed by atoms with Crippen molar-refractivity contribution in [2.75, 3.05) is 20.3 Å². The van der Waals surface area contributed by atoms with Crippen molar-refractivity contribution in [3.8, 4) is 17.1 Å². The van der Waals surface area contributed by atoms with E-state index in [9.17, 15) is 9.59 Å². The van der Waals surface area contributed by atoms with Crippen LogP contribution >= 0.6 is 11.5 Å². The van der Waals surface area contributed by atoms with E-state index in [4.69, 9.17) is 13.9 Å². The van der Waals surface area contributed by atoms with Crippen molar-refractivity contribution in [1.29, 1.82) is 0 Å². The topological polar surface area (TPSA) is 116 Å². The van der Waals surface area contributed by atoms with Crippen LogP contribution in [0.3, 0.4) is 0 Å². The van der Waals surface area contributed by atoms with Crippen LogP contribution in [0, 0.1) is 6.92 Å². The quantitative estimate of drug-likeness (QED) is 0.483. The number of aromatic nitrogens is 3. The molecule has 0 spiro atoms. The fourth-order valence-corrected chi connectivity index (χ4v) is 2.77. The summed E-state index contributed by atoms with van der Waals surface area (Å²) in [5, 5.41) is 6.57. The zero-order valence-electron chi connectivity index (χ0n) is 14.6. The molecule has 2 aromatic heterocycles. The van der Waals surface area contributed by atoms with Crippen molar-refractivity contribution in [3.63, 3.8) is 0 Å². The van der Waals surface area contributed by atoms with Gasteiger partial charge < -0.3 is 19.2 Å². The molecule has 3 aromatic rings. The third-order valence-electron chi connectivity index (χ3n) is 3.49. The normalized spacial score (nSPS) is 10.4. The van der Waals surface area contributed by atoms with Gasteiger partial charge in [0, 0.05) is 12.5 Å². The minimum absolute atomic E-state index is 0.00370. The molecule has 0 radical (unpaired) electrons. The maximum atomic E-state index is 12.2. The molecule has 1 amide bonds. The third kappa shape index (κ3) is 4.47. The maximum Gasteiger partial charge on any atom is 0.352 e. The van der Waals surface area contributed by atoms with E-state index in [1.165, 1.54) is 13.4 Å². The smallest absolute Gasteiger partial charge is 0.352 e. The van der Waals surface area contributed by atoms with E-state index in [0.717, 1.165) is 11.5 Å². The van der Waals surface area contributed by atoms with Gasteiger partial charge in [-0.3, -0.25) is 4.79 Å². The number of nitrogens with one attached hydrogen (secondary N) is 1. The van der Waals surface area contributed by atoms with E-state index in [2.05, 4.69) is 19.9 Å². The SMILES string of the molecule is COc1cccc(C(=O)NCCOC(=O)c2snnc2-c2coc(C)n2)c1. The van der Waals surface area contributed by atoms with E-state index < -0.39 is 5.97 Å². The van der Waals surface area contributed by atoms with Gasteiger partial charge in [-0.15, -0.1) is 5.10 Å². The standard InChI is InChI=1S/C17H16N4O5S/c1-10-19-13(9-26-10)14-15(27-21-20-14)17(23)25-7-6-18-16(22)11-4-3-5-12(8-11)24-2/h3-5,8-9H,6-7H2,1-2H3,(H,18,22). The number of rotatable bonds is 7. The second-order valence-corrected chi connectivity index (χ2v) is 6.08. The number of hydrogen-bond acceptors (Lipinski definition) is 9. The monoisotopic (exact) mass is 388 g/mol. The molecule has 0 saturated heterocycles. The lowest BCUT2D eigenvalue weighted by molar-refractivity contribution is 0.0509. The molecule has 0 bridgehead atoms. The Morgan fingerprint density at radius 2 is 2.19 bits per heavy atom. The number of nitrogens with zero attached hydrogens (tertiary/aromatic N) is 3. The summed E-state index contributed by atoms with van der Waals surface area (Å²) < 4.78 is 19.2. The van der Waals surface area contributed by atoms with Crippen LogP contribution in [0.15, 0.2) is 34.9 Å². The predicted octanol–water partition coefficient (Wildman–Crippen LogP) is 2.10. The number of aryl methyl sites for hydroxylation is 1. The minimum Gasteiger partial charge on any atom is -0.497 e. The highest BCUT2D eigenvalue weighted by molar-refractivity contribution is 7.08. The summed E-state index contributed by atoms with van der Waals surface area (Å²) >= 11 is 0.908. The Kier molecular flexibility index (Phi) is 5.77. The number of esters is 1. The Morgan fingerprint density at radius 3 is 2.93 bits per heavy atom. The van der Waals surface area contributed by atoms with Gasteiger partial charge >= 0.3 is 5.97 Å². The lowest BCUT2D eigenvalue weighted by Gasteiger charge is -2.07. The van der Waals surface area contributed by atoms with Crippen LogP contribution in [-0.2, 0) is 4.74 Å². The number of benzene rings is 1. The fourth-order valence-electron chi connectivity index (χ4n) is 2.20. The Hall–Kier alpha value is -3.27. The molecule has 1 aromatic carbocycles. The molecular weight excluding hydrogens is 372 g/mol. The summed E-state index contributed by atoms with van der Waals surface area (Å²) in [5.74, 6) is 0.166. The van der Waals surface area contributed by atoms with Crippen molar-refractivity contribution in [2.45, 2.75) is 6.92 Å². The molecule has 0 aliphatic rings. The van der Waals surface area contributed by atoms with Gasteiger partial charge in [-0.1, -0.05) is 10.6 Å². The maximum absolute atomic E-state index is 12.2. The largest absolute Gasteiger partial charge is 0.497 e. The van der Waals surface area contributed by atoms with Gasteiger partial charge in [0.05, 0.1) is 13.7 Å². The van der Waals surface area contributed by atoms with E-state index in [1.54, 1.807) is 31.2 Å². The third-order valence-corrected chi connectivity index (χ3v) is 4.19. The minimum atomic E-state index is -0.587. The Balaban J connectivity index is 1.52. The highest BCUT2D eigenvalue weighted by Gasteiger charge is 2.21. The molecule has 0 fully saturated rings.